The predicted octanol–water partition coefficient (Wildman–Crippen LogP) is 2.15. The Labute approximate surface area is 117 Å². The van der Waals surface area contributed by atoms with Crippen LogP contribution in [0.25, 0.3) is 0 Å². The quantitative estimate of drug-likeness (QED) is 0.772. The highest BCUT2D eigenvalue weighted by molar-refractivity contribution is 5.26. The van der Waals surface area contributed by atoms with Crippen LogP contribution in [0.4, 0.5) is 0 Å². The van der Waals surface area contributed by atoms with Crippen LogP contribution in [-0.2, 0) is 0 Å². The number of nitrogens with zero attached hydrogens (tertiary/aromatic N) is 2. The van der Waals surface area contributed by atoms with Gasteiger partial charge in [0.05, 0.1) is 39.8 Å². The molecule has 1 aliphatic heterocycles. The number of piperazine rings is 1. The van der Waals surface area contributed by atoms with Crippen molar-refractivity contribution in [1.29, 1.82) is 0 Å². The third-order valence-corrected chi connectivity index (χ3v) is 4.13. The second-order valence-corrected chi connectivity index (χ2v) is 6.43. The zero-order chi connectivity index (χ0) is 13.9. The zero-order valence-corrected chi connectivity index (χ0v) is 12.7. The number of benzene rings is 1. The Morgan fingerprint density at radius 2 is 1.95 bits per heavy atom. The number of hydrogen-bond acceptors (Lipinski definition) is 2. The van der Waals surface area contributed by atoms with E-state index in [1.54, 1.807) is 0 Å². The van der Waals surface area contributed by atoms with Crippen molar-refractivity contribution in [3.63, 3.8) is 0 Å². The molecule has 0 saturated carbocycles. The van der Waals surface area contributed by atoms with Crippen LogP contribution in [0.2, 0.25) is 0 Å². The van der Waals surface area contributed by atoms with Crippen molar-refractivity contribution in [2.45, 2.75) is 19.4 Å². The summed E-state index contributed by atoms with van der Waals surface area (Å²) in [6, 6.07) is 8.94. The van der Waals surface area contributed by atoms with Gasteiger partial charge in [0.2, 0.25) is 0 Å². The molecular formula is C16H27N2O+. The molecule has 0 spiro atoms. The standard InChI is InChI=1S/C16H27N2O/c1-14-5-7-16(8-6-14)19-12-9-15-13-18(3,4)11-10-17(15)2/h5-8,15H,9-13H2,1-4H3/q+1. The van der Waals surface area contributed by atoms with Crippen LogP contribution in [-0.4, -0.2) is 62.8 Å². The summed E-state index contributed by atoms with van der Waals surface area (Å²) >= 11 is 0. The molecule has 1 saturated heterocycles. The number of hydrogen-bond donors (Lipinski definition) is 0. The molecule has 1 heterocycles. The molecule has 2 rings (SSSR count). The molecule has 0 aromatic heterocycles. The van der Waals surface area contributed by atoms with Gasteiger partial charge < -0.3 is 9.22 Å². The molecule has 1 aromatic rings. The normalized spacial score (nSPS) is 23.3. The molecule has 3 nitrogen and oxygen atoms in total. The molecule has 0 aliphatic carbocycles. The van der Waals surface area contributed by atoms with Crippen LogP contribution >= 0.6 is 0 Å². The number of aryl methyl sites for hydroxylation is 1. The fourth-order valence-corrected chi connectivity index (χ4v) is 2.67. The monoisotopic (exact) mass is 263 g/mol. The summed E-state index contributed by atoms with van der Waals surface area (Å²) in [6.07, 6.45) is 1.10. The average molecular weight is 263 g/mol. The Morgan fingerprint density at radius 1 is 1.26 bits per heavy atom. The van der Waals surface area contributed by atoms with Crippen LogP contribution < -0.4 is 4.74 Å². The molecule has 1 atom stereocenters. The molecule has 1 fully saturated rings. The van der Waals surface area contributed by atoms with Gasteiger partial charge in [0, 0.05) is 13.0 Å². The highest BCUT2D eigenvalue weighted by atomic mass is 16.5. The molecule has 1 aliphatic rings. The minimum Gasteiger partial charge on any atom is -0.494 e. The Kier molecular flexibility index (Phi) is 4.48. The van der Waals surface area contributed by atoms with E-state index < -0.39 is 0 Å². The van der Waals surface area contributed by atoms with Crippen molar-refractivity contribution in [2.24, 2.45) is 0 Å². The van der Waals surface area contributed by atoms with Crippen molar-refractivity contribution < 1.29 is 9.22 Å². The van der Waals surface area contributed by atoms with Gasteiger partial charge in [-0.1, -0.05) is 17.7 Å². The molecule has 0 amide bonds. The molecule has 106 valence electrons. The minimum absolute atomic E-state index is 0.634. The van der Waals surface area contributed by atoms with Gasteiger partial charge in [0.1, 0.15) is 5.75 Å². The van der Waals surface area contributed by atoms with Gasteiger partial charge in [-0.25, -0.2) is 0 Å². The summed E-state index contributed by atoms with van der Waals surface area (Å²) in [5.41, 5.74) is 1.28. The summed E-state index contributed by atoms with van der Waals surface area (Å²) in [5.74, 6) is 0.984. The van der Waals surface area contributed by atoms with Crippen molar-refractivity contribution in [1.82, 2.24) is 4.90 Å². The van der Waals surface area contributed by atoms with Gasteiger partial charge in [0.15, 0.2) is 0 Å². The molecule has 0 N–H and O–H groups in total. The maximum absolute atomic E-state index is 5.85. The lowest BCUT2D eigenvalue weighted by Gasteiger charge is -2.43. The van der Waals surface area contributed by atoms with E-state index in [4.69, 9.17) is 4.74 Å². The first kappa shape index (κ1) is 14.4. The van der Waals surface area contributed by atoms with Crippen LogP contribution in [0.5, 0.6) is 5.75 Å². The van der Waals surface area contributed by atoms with E-state index in [9.17, 15) is 0 Å². The fourth-order valence-electron chi connectivity index (χ4n) is 2.67. The van der Waals surface area contributed by atoms with E-state index >= 15 is 0 Å². The highest BCUT2D eigenvalue weighted by Crippen LogP contribution is 2.16. The van der Waals surface area contributed by atoms with Crippen LogP contribution in [0.1, 0.15) is 12.0 Å². The maximum atomic E-state index is 5.85. The smallest absolute Gasteiger partial charge is 0.119 e. The van der Waals surface area contributed by atoms with Crippen molar-refractivity contribution in [3.8, 4) is 5.75 Å². The summed E-state index contributed by atoms with van der Waals surface area (Å²) in [4.78, 5) is 2.47. The first-order valence-electron chi connectivity index (χ1n) is 7.18. The molecular weight excluding hydrogens is 236 g/mol. The summed E-state index contributed by atoms with van der Waals surface area (Å²) in [7, 11) is 6.87. The number of ether oxygens (including phenoxy) is 1. The molecule has 3 heteroatoms. The Hall–Kier alpha value is -1.06. The van der Waals surface area contributed by atoms with Gasteiger partial charge in [0.25, 0.3) is 0 Å². The van der Waals surface area contributed by atoms with Gasteiger partial charge >= 0.3 is 0 Å². The lowest BCUT2D eigenvalue weighted by Crippen LogP contribution is -2.58. The SMILES string of the molecule is Cc1ccc(OCCC2C[N+](C)(C)CCN2C)cc1. The molecule has 0 radical (unpaired) electrons. The minimum atomic E-state index is 0.634. The zero-order valence-electron chi connectivity index (χ0n) is 12.7. The Balaban J connectivity index is 1.80. The number of likely N-dealkylation sites (N-methyl/N-ethyl adjacent to an activating group) is 2. The van der Waals surface area contributed by atoms with Crippen LogP contribution in [0, 0.1) is 6.92 Å². The first-order valence-corrected chi connectivity index (χ1v) is 7.18. The predicted molar refractivity (Wildman–Crippen MR) is 79.6 cm³/mol. The van der Waals surface area contributed by atoms with Gasteiger partial charge in [-0.15, -0.1) is 0 Å². The topological polar surface area (TPSA) is 12.5 Å². The summed E-state index contributed by atoms with van der Waals surface area (Å²) < 4.78 is 6.97. The molecule has 0 bridgehead atoms. The third kappa shape index (κ3) is 4.22. The van der Waals surface area contributed by atoms with E-state index in [2.05, 4.69) is 57.2 Å². The van der Waals surface area contributed by atoms with Crippen molar-refractivity contribution in [3.05, 3.63) is 29.8 Å². The van der Waals surface area contributed by atoms with E-state index in [1.807, 2.05) is 0 Å². The van der Waals surface area contributed by atoms with Gasteiger partial charge in [-0.2, -0.15) is 0 Å². The fraction of sp³-hybridized carbons (Fsp3) is 0.625. The second-order valence-electron chi connectivity index (χ2n) is 6.43. The van der Waals surface area contributed by atoms with E-state index in [1.165, 1.54) is 25.2 Å². The lowest BCUT2D eigenvalue weighted by atomic mass is 10.1. The maximum Gasteiger partial charge on any atom is 0.119 e. The summed E-state index contributed by atoms with van der Waals surface area (Å²) in [6.45, 7) is 6.54. The van der Waals surface area contributed by atoms with Crippen LogP contribution in [0.3, 0.4) is 0 Å². The van der Waals surface area contributed by atoms with Gasteiger partial charge in [-0.3, -0.25) is 4.90 Å². The van der Waals surface area contributed by atoms with Crippen LogP contribution in [0.15, 0.2) is 24.3 Å². The highest BCUT2D eigenvalue weighted by Gasteiger charge is 2.30. The van der Waals surface area contributed by atoms with E-state index in [-0.39, 0.29) is 0 Å². The molecule has 19 heavy (non-hydrogen) atoms. The Bertz CT molecular complexity index is 400. The average Bonchev–Trinajstić information content (AvgIpc) is 2.36. The summed E-state index contributed by atoms with van der Waals surface area (Å²) in [5, 5.41) is 0. The largest absolute Gasteiger partial charge is 0.494 e. The van der Waals surface area contributed by atoms with Crippen molar-refractivity contribution in [2.75, 3.05) is 47.4 Å². The number of rotatable bonds is 4. The van der Waals surface area contributed by atoms with E-state index in [0.29, 0.717) is 6.04 Å². The molecule has 1 unspecified atom stereocenters. The second kappa shape index (κ2) is 5.93. The molecule has 1 aromatic carbocycles. The van der Waals surface area contributed by atoms with E-state index in [0.717, 1.165) is 23.3 Å². The van der Waals surface area contributed by atoms with Gasteiger partial charge in [-0.05, 0) is 26.1 Å². The number of quaternary nitrogens is 1. The Morgan fingerprint density at radius 3 is 2.63 bits per heavy atom. The van der Waals surface area contributed by atoms with Crippen molar-refractivity contribution >= 4 is 0 Å². The third-order valence-electron chi connectivity index (χ3n) is 4.13. The lowest BCUT2D eigenvalue weighted by molar-refractivity contribution is -0.897. The first-order chi connectivity index (χ1) is 8.96.